The fraction of sp³-hybridized carbons (Fsp3) is 0.417. The first kappa shape index (κ1) is 21.8. The molecule has 6 nitrogen and oxygen atoms in total. The summed E-state index contributed by atoms with van der Waals surface area (Å²) in [5, 5.41) is 5.68. The predicted molar refractivity (Wildman–Crippen MR) is 119 cm³/mol. The van der Waals surface area contributed by atoms with Gasteiger partial charge in [-0.3, -0.25) is 14.5 Å². The Morgan fingerprint density at radius 1 is 1.07 bits per heavy atom. The van der Waals surface area contributed by atoms with Gasteiger partial charge in [-0.05, 0) is 69.0 Å². The van der Waals surface area contributed by atoms with Crippen LogP contribution in [-0.2, 0) is 9.59 Å². The highest BCUT2D eigenvalue weighted by molar-refractivity contribution is 5.96. The van der Waals surface area contributed by atoms with Crippen LogP contribution < -0.4 is 15.4 Å². The number of anilines is 1. The van der Waals surface area contributed by atoms with Gasteiger partial charge in [0.2, 0.25) is 11.8 Å². The second kappa shape index (κ2) is 9.76. The molecule has 1 fully saturated rings. The molecule has 0 bridgehead atoms. The summed E-state index contributed by atoms with van der Waals surface area (Å²) >= 11 is 0. The highest BCUT2D eigenvalue weighted by atomic mass is 16.5. The molecular formula is C24H31N3O3. The number of rotatable bonds is 7. The molecule has 0 aliphatic carbocycles. The van der Waals surface area contributed by atoms with Crippen LogP contribution in [0.3, 0.4) is 0 Å². The second-order valence-electron chi connectivity index (χ2n) is 8.00. The molecule has 0 spiro atoms. The van der Waals surface area contributed by atoms with E-state index >= 15 is 0 Å². The third kappa shape index (κ3) is 5.39. The molecule has 1 aliphatic rings. The molecule has 0 radical (unpaired) electrons. The summed E-state index contributed by atoms with van der Waals surface area (Å²) in [6.45, 7) is 7.10. The molecule has 30 heavy (non-hydrogen) atoms. The number of carbonyl (C=O) groups is 2. The van der Waals surface area contributed by atoms with Crippen molar-refractivity contribution in [3.05, 3.63) is 58.7 Å². The first-order chi connectivity index (χ1) is 14.4. The molecule has 1 aliphatic heterocycles. The van der Waals surface area contributed by atoms with Crippen LogP contribution in [-0.4, -0.2) is 43.5 Å². The highest BCUT2D eigenvalue weighted by Gasteiger charge is 2.27. The molecule has 2 aromatic rings. The highest BCUT2D eigenvalue weighted by Crippen LogP contribution is 2.32. The zero-order valence-electron chi connectivity index (χ0n) is 18.2. The molecule has 1 heterocycles. The topological polar surface area (TPSA) is 70.7 Å². The second-order valence-corrected chi connectivity index (χ2v) is 8.00. The van der Waals surface area contributed by atoms with E-state index in [4.69, 9.17) is 4.74 Å². The Morgan fingerprint density at radius 2 is 1.73 bits per heavy atom. The maximum Gasteiger partial charge on any atom is 0.243 e. The van der Waals surface area contributed by atoms with Crippen molar-refractivity contribution < 1.29 is 14.3 Å². The lowest BCUT2D eigenvalue weighted by atomic mass is 10.0. The summed E-state index contributed by atoms with van der Waals surface area (Å²) in [5.74, 6) is 0.473. The number of carbonyl (C=O) groups excluding carboxylic acids is 2. The first-order valence-electron chi connectivity index (χ1n) is 10.4. The summed E-state index contributed by atoms with van der Waals surface area (Å²) in [4.78, 5) is 27.0. The lowest BCUT2D eigenvalue weighted by Gasteiger charge is -2.24. The van der Waals surface area contributed by atoms with E-state index in [2.05, 4.69) is 27.7 Å². The van der Waals surface area contributed by atoms with Gasteiger partial charge >= 0.3 is 0 Å². The normalized spacial score (nSPS) is 16.3. The quantitative estimate of drug-likeness (QED) is 0.734. The van der Waals surface area contributed by atoms with E-state index in [0.29, 0.717) is 0 Å². The molecule has 1 saturated heterocycles. The van der Waals surface area contributed by atoms with Crippen LogP contribution >= 0.6 is 0 Å². The van der Waals surface area contributed by atoms with Gasteiger partial charge in [0.1, 0.15) is 5.75 Å². The summed E-state index contributed by atoms with van der Waals surface area (Å²) in [7, 11) is 1.65. The van der Waals surface area contributed by atoms with Crippen molar-refractivity contribution >= 4 is 17.5 Å². The first-order valence-corrected chi connectivity index (χ1v) is 10.4. The number of hydrogen-bond acceptors (Lipinski definition) is 4. The van der Waals surface area contributed by atoms with Gasteiger partial charge in [0.05, 0.1) is 20.2 Å². The van der Waals surface area contributed by atoms with Gasteiger partial charge < -0.3 is 15.4 Å². The van der Waals surface area contributed by atoms with Crippen molar-refractivity contribution in [2.45, 2.75) is 39.7 Å². The molecule has 160 valence electrons. The molecule has 2 aromatic carbocycles. The van der Waals surface area contributed by atoms with Crippen molar-refractivity contribution in [2.75, 3.05) is 32.1 Å². The minimum Gasteiger partial charge on any atom is -0.497 e. The third-order valence-corrected chi connectivity index (χ3v) is 5.60. The van der Waals surface area contributed by atoms with E-state index < -0.39 is 0 Å². The molecule has 1 atom stereocenters. The van der Waals surface area contributed by atoms with E-state index in [1.165, 1.54) is 5.56 Å². The Morgan fingerprint density at radius 3 is 2.37 bits per heavy atom. The number of ether oxygens (including phenoxy) is 1. The van der Waals surface area contributed by atoms with Gasteiger partial charge in [-0.2, -0.15) is 0 Å². The van der Waals surface area contributed by atoms with Crippen LogP contribution in [0.15, 0.2) is 36.4 Å². The van der Waals surface area contributed by atoms with Crippen molar-refractivity contribution in [2.24, 2.45) is 0 Å². The van der Waals surface area contributed by atoms with E-state index in [-0.39, 0.29) is 30.9 Å². The Balaban J connectivity index is 1.52. The average Bonchev–Trinajstić information content (AvgIpc) is 3.17. The Labute approximate surface area is 178 Å². The van der Waals surface area contributed by atoms with Crippen LogP contribution in [0.4, 0.5) is 5.69 Å². The zero-order chi connectivity index (χ0) is 21.7. The fourth-order valence-corrected chi connectivity index (χ4v) is 4.20. The smallest absolute Gasteiger partial charge is 0.243 e. The Bertz CT molecular complexity index is 885. The number of nitrogens with zero attached hydrogens (tertiary/aromatic N) is 1. The summed E-state index contributed by atoms with van der Waals surface area (Å²) in [6, 6.07) is 12.3. The van der Waals surface area contributed by atoms with Gasteiger partial charge in [0.15, 0.2) is 0 Å². The van der Waals surface area contributed by atoms with Gasteiger partial charge in [-0.1, -0.05) is 29.8 Å². The van der Waals surface area contributed by atoms with Crippen molar-refractivity contribution in [3.8, 4) is 5.75 Å². The summed E-state index contributed by atoms with van der Waals surface area (Å²) in [6.07, 6.45) is 2.07. The number of benzene rings is 2. The number of amides is 2. The number of aryl methyl sites for hydroxylation is 3. The van der Waals surface area contributed by atoms with Crippen molar-refractivity contribution in [3.63, 3.8) is 0 Å². The van der Waals surface area contributed by atoms with Gasteiger partial charge in [0, 0.05) is 11.7 Å². The maximum absolute atomic E-state index is 12.5. The summed E-state index contributed by atoms with van der Waals surface area (Å²) in [5.41, 5.74) is 5.20. The van der Waals surface area contributed by atoms with Crippen LogP contribution in [0.5, 0.6) is 5.75 Å². The lowest BCUT2D eigenvalue weighted by molar-refractivity contribution is -0.125. The van der Waals surface area contributed by atoms with Crippen molar-refractivity contribution in [1.29, 1.82) is 0 Å². The van der Waals surface area contributed by atoms with E-state index in [9.17, 15) is 9.59 Å². The molecular weight excluding hydrogens is 378 g/mol. The van der Waals surface area contributed by atoms with Gasteiger partial charge in [-0.25, -0.2) is 0 Å². The maximum atomic E-state index is 12.5. The molecule has 0 saturated carbocycles. The van der Waals surface area contributed by atoms with Crippen LogP contribution in [0, 0.1) is 20.8 Å². The molecule has 1 unspecified atom stereocenters. The fourth-order valence-electron chi connectivity index (χ4n) is 4.20. The van der Waals surface area contributed by atoms with Gasteiger partial charge in [0.25, 0.3) is 0 Å². The molecule has 0 aromatic heterocycles. The van der Waals surface area contributed by atoms with Crippen LogP contribution in [0.1, 0.15) is 41.1 Å². The Kier molecular flexibility index (Phi) is 7.11. The number of hydrogen-bond donors (Lipinski definition) is 2. The third-order valence-electron chi connectivity index (χ3n) is 5.60. The Hall–Kier alpha value is -2.86. The molecule has 2 N–H and O–H groups in total. The number of methoxy groups -OCH3 is 1. The minimum absolute atomic E-state index is 0.0351. The minimum atomic E-state index is -0.216. The number of likely N-dealkylation sites (tertiary alicyclic amines) is 1. The summed E-state index contributed by atoms with van der Waals surface area (Å²) < 4.78 is 5.23. The SMILES string of the molecule is COc1ccc(C2CCCN2CC(=O)NCC(=O)Nc2c(C)cc(C)cc2C)cc1. The standard InChI is InChI=1S/C24H31N3O3/c1-16-12-17(2)24(18(3)13-16)26-22(28)14-25-23(29)15-27-11-5-6-21(27)19-7-9-20(30-4)10-8-19/h7-10,12-13,21H,5-6,11,14-15H2,1-4H3,(H,25,29)(H,26,28). The van der Waals surface area contributed by atoms with E-state index in [1.807, 2.05) is 45.0 Å². The van der Waals surface area contributed by atoms with Crippen molar-refractivity contribution in [1.82, 2.24) is 10.2 Å². The largest absolute Gasteiger partial charge is 0.497 e. The molecule has 6 heteroatoms. The monoisotopic (exact) mass is 409 g/mol. The van der Waals surface area contributed by atoms with Crippen LogP contribution in [0.25, 0.3) is 0 Å². The predicted octanol–water partition coefficient (Wildman–Crippen LogP) is 3.51. The van der Waals surface area contributed by atoms with E-state index in [1.54, 1.807) is 7.11 Å². The average molecular weight is 410 g/mol. The van der Waals surface area contributed by atoms with E-state index in [0.717, 1.165) is 47.5 Å². The van der Waals surface area contributed by atoms with Crippen LogP contribution in [0.2, 0.25) is 0 Å². The molecule has 2 amide bonds. The zero-order valence-corrected chi connectivity index (χ0v) is 18.2. The van der Waals surface area contributed by atoms with Gasteiger partial charge in [-0.15, -0.1) is 0 Å². The number of nitrogens with one attached hydrogen (secondary N) is 2. The molecule has 3 rings (SSSR count). The lowest BCUT2D eigenvalue weighted by Crippen LogP contribution is -2.40.